The van der Waals surface area contributed by atoms with E-state index >= 15 is 0 Å². The standard InChI is InChI=1S/C19H22F2N4O2/c1-9-7-25-13(8-22(9)3)18(26)24(5)17-16(25)11-6-12(20)10(2)14(21)15(11)23(4)19(17)27/h6,9,13H,7-8H2,1-5H3. The van der Waals surface area contributed by atoms with E-state index in [2.05, 4.69) is 4.90 Å². The van der Waals surface area contributed by atoms with Crippen LogP contribution in [0.1, 0.15) is 12.5 Å². The van der Waals surface area contributed by atoms with Gasteiger partial charge in [-0.15, -0.1) is 0 Å². The number of carbonyl (C=O) groups excluding carboxylic acids is 1. The van der Waals surface area contributed by atoms with Crippen molar-refractivity contribution in [1.29, 1.82) is 0 Å². The number of amides is 1. The lowest BCUT2D eigenvalue weighted by Gasteiger charge is -2.49. The molecule has 1 fully saturated rings. The monoisotopic (exact) mass is 376 g/mol. The third kappa shape index (κ3) is 2.25. The van der Waals surface area contributed by atoms with Crippen LogP contribution in [0.15, 0.2) is 10.9 Å². The highest BCUT2D eigenvalue weighted by Gasteiger charge is 2.44. The predicted octanol–water partition coefficient (Wildman–Crippen LogP) is 1.61. The minimum absolute atomic E-state index is 0.0609. The van der Waals surface area contributed by atoms with Gasteiger partial charge in [0.2, 0.25) is 0 Å². The number of carbonyl (C=O) groups is 1. The van der Waals surface area contributed by atoms with Crippen LogP contribution in [0.25, 0.3) is 10.9 Å². The molecule has 0 N–H and O–H groups in total. The van der Waals surface area contributed by atoms with Gasteiger partial charge >= 0.3 is 0 Å². The number of aromatic nitrogens is 1. The van der Waals surface area contributed by atoms with Gasteiger partial charge in [0.05, 0.1) is 11.2 Å². The molecule has 6 nitrogen and oxygen atoms in total. The molecule has 0 saturated carbocycles. The van der Waals surface area contributed by atoms with Gasteiger partial charge in [0, 0.05) is 44.2 Å². The zero-order valence-corrected chi connectivity index (χ0v) is 16.0. The summed E-state index contributed by atoms with van der Waals surface area (Å²) in [5, 5.41) is 0.314. The second kappa shape index (κ2) is 5.76. The summed E-state index contributed by atoms with van der Waals surface area (Å²) >= 11 is 0. The molecule has 1 aromatic carbocycles. The van der Waals surface area contributed by atoms with Gasteiger partial charge < -0.3 is 14.4 Å². The molecule has 0 radical (unpaired) electrons. The fraction of sp³-hybridized carbons (Fsp3) is 0.474. The van der Waals surface area contributed by atoms with Crippen molar-refractivity contribution in [3.8, 4) is 0 Å². The number of pyridine rings is 1. The highest BCUT2D eigenvalue weighted by Crippen LogP contribution is 2.41. The average molecular weight is 376 g/mol. The van der Waals surface area contributed by atoms with Gasteiger partial charge in [-0.05, 0) is 27.0 Å². The van der Waals surface area contributed by atoms with Crippen LogP contribution in [-0.4, -0.2) is 54.6 Å². The zero-order valence-electron chi connectivity index (χ0n) is 16.0. The zero-order chi connectivity index (χ0) is 19.8. The van der Waals surface area contributed by atoms with Crippen LogP contribution in [0.5, 0.6) is 0 Å². The number of aryl methyl sites for hydroxylation is 1. The summed E-state index contributed by atoms with van der Waals surface area (Å²) in [6.45, 7) is 4.35. The molecule has 144 valence electrons. The molecule has 8 heteroatoms. The Kier molecular flexibility index (Phi) is 3.82. The highest BCUT2D eigenvalue weighted by atomic mass is 19.1. The number of piperazine rings is 1. The molecule has 2 atom stereocenters. The summed E-state index contributed by atoms with van der Waals surface area (Å²) in [5.74, 6) is -1.60. The van der Waals surface area contributed by atoms with Gasteiger partial charge in [0.15, 0.2) is 5.82 Å². The van der Waals surface area contributed by atoms with Gasteiger partial charge in [-0.2, -0.15) is 0 Å². The maximum atomic E-state index is 14.9. The highest BCUT2D eigenvalue weighted by molar-refractivity contribution is 6.11. The maximum absolute atomic E-state index is 14.9. The van der Waals surface area contributed by atoms with Crippen LogP contribution in [-0.2, 0) is 11.8 Å². The number of hydrogen-bond acceptors (Lipinski definition) is 4. The van der Waals surface area contributed by atoms with Gasteiger partial charge in [0.1, 0.15) is 17.5 Å². The lowest BCUT2D eigenvalue weighted by atomic mass is 9.98. The van der Waals surface area contributed by atoms with Crippen molar-refractivity contribution in [2.75, 3.05) is 37.0 Å². The fourth-order valence-corrected chi connectivity index (χ4v) is 4.19. The molecule has 0 aliphatic carbocycles. The van der Waals surface area contributed by atoms with E-state index < -0.39 is 23.2 Å². The van der Waals surface area contributed by atoms with Crippen molar-refractivity contribution in [1.82, 2.24) is 9.47 Å². The predicted molar refractivity (Wildman–Crippen MR) is 100 cm³/mol. The van der Waals surface area contributed by atoms with Gasteiger partial charge in [-0.25, -0.2) is 8.78 Å². The van der Waals surface area contributed by atoms with Crippen LogP contribution in [0.3, 0.4) is 0 Å². The van der Waals surface area contributed by atoms with Crippen molar-refractivity contribution >= 4 is 28.2 Å². The third-order valence-corrected chi connectivity index (χ3v) is 6.03. The average Bonchev–Trinajstić information content (AvgIpc) is 2.62. The topological polar surface area (TPSA) is 48.8 Å². The van der Waals surface area contributed by atoms with Crippen molar-refractivity contribution < 1.29 is 13.6 Å². The number of benzene rings is 1. The molecule has 0 bridgehead atoms. The van der Waals surface area contributed by atoms with E-state index in [1.165, 1.54) is 29.5 Å². The summed E-state index contributed by atoms with van der Waals surface area (Å²) in [6, 6.07) is 0.909. The van der Waals surface area contributed by atoms with Gasteiger partial charge in [-0.1, -0.05) is 0 Å². The molecule has 0 spiro atoms. The van der Waals surface area contributed by atoms with Crippen molar-refractivity contribution in [3.05, 3.63) is 33.6 Å². The molecule has 4 rings (SSSR count). The number of hydrogen-bond donors (Lipinski definition) is 0. The van der Waals surface area contributed by atoms with Crippen molar-refractivity contribution in [3.63, 3.8) is 0 Å². The van der Waals surface area contributed by atoms with E-state index in [9.17, 15) is 18.4 Å². The van der Waals surface area contributed by atoms with Crippen molar-refractivity contribution in [2.45, 2.75) is 25.9 Å². The van der Waals surface area contributed by atoms with E-state index in [4.69, 9.17) is 0 Å². The van der Waals surface area contributed by atoms with E-state index in [1.54, 1.807) is 7.05 Å². The Hall–Kier alpha value is -2.48. The Bertz CT molecular complexity index is 1050. The van der Waals surface area contributed by atoms with E-state index in [1.807, 2.05) is 18.9 Å². The first-order valence-electron chi connectivity index (χ1n) is 8.90. The molecule has 1 aromatic heterocycles. The molecular weight excluding hydrogens is 354 g/mol. The van der Waals surface area contributed by atoms with Crippen LogP contribution in [0, 0.1) is 18.6 Å². The molecule has 2 unspecified atom stereocenters. The van der Waals surface area contributed by atoms with Crippen molar-refractivity contribution in [2.24, 2.45) is 7.05 Å². The molecule has 2 aliphatic rings. The Balaban J connectivity index is 2.14. The minimum Gasteiger partial charge on any atom is -0.354 e. The van der Waals surface area contributed by atoms with Gasteiger partial charge in [0.25, 0.3) is 11.5 Å². The maximum Gasteiger partial charge on any atom is 0.277 e. The summed E-state index contributed by atoms with van der Waals surface area (Å²) in [5.41, 5.74) is 0.0820. The molecule has 1 saturated heterocycles. The summed E-state index contributed by atoms with van der Waals surface area (Å²) in [7, 11) is 4.93. The Morgan fingerprint density at radius 1 is 1.07 bits per heavy atom. The Morgan fingerprint density at radius 3 is 2.41 bits per heavy atom. The van der Waals surface area contributed by atoms with E-state index in [0.717, 1.165) is 0 Å². The number of fused-ring (bicyclic) bond motifs is 5. The lowest BCUT2D eigenvalue weighted by molar-refractivity contribution is -0.121. The Morgan fingerprint density at radius 2 is 1.74 bits per heavy atom. The molecule has 27 heavy (non-hydrogen) atoms. The molecule has 2 aliphatic heterocycles. The summed E-state index contributed by atoms with van der Waals surface area (Å²) in [6.07, 6.45) is 0. The first-order valence-corrected chi connectivity index (χ1v) is 8.90. The fourth-order valence-electron chi connectivity index (χ4n) is 4.19. The third-order valence-electron chi connectivity index (χ3n) is 6.03. The van der Waals surface area contributed by atoms with E-state index in [0.29, 0.717) is 24.2 Å². The van der Waals surface area contributed by atoms with Gasteiger partial charge in [-0.3, -0.25) is 14.5 Å². The van der Waals surface area contributed by atoms with E-state index in [-0.39, 0.29) is 28.7 Å². The molecule has 2 aromatic rings. The Labute approximate surface area is 155 Å². The largest absolute Gasteiger partial charge is 0.354 e. The normalized spacial score (nSPS) is 23.0. The molecule has 3 heterocycles. The van der Waals surface area contributed by atoms with Crippen LogP contribution < -0.4 is 15.4 Å². The SMILES string of the molecule is Cc1c(F)cc2c3c(c(=O)n(C)c2c1F)N(C)C(=O)C1CN(C)C(C)CN31. The van der Waals surface area contributed by atoms with Crippen LogP contribution >= 0.6 is 0 Å². The quantitative estimate of drug-likeness (QED) is 0.701. The number of nitrogens with zero attached hydrogens (tertiary/aromatic N) is 4. The minimum atomic E-state index is -0.745. The van der Waals surface area contributed by atoms with Crippen LogP contribution in [0.4, 0.5) is 20.2 Å². The number of anilines is 2. The summed E-state index contributed by atoms with van der Waals surface area (Å²) in [4.78, 5) is 31.2. The molecule has 1 amide bonds. The second-order valence-electron chi connectivity index (χ2n) is 7.61. The smallest absolute Gasteiger partial charge is 0.277 e. The second-order valence-corrected chi connectivity index (χ2v) is 7.61. The number of halogens is 2. The van der Waals surface area contributed by atoms with Crippen LogP contribution in [0.2, 0.25) is 0 Å². The first-order chi connectivity index (χ1) is 12.6. The summed E-state index contributed by atoms with van der Waals surface area (Å²) < 4.78 is 30.5. The number of likely N-dealkylation sites (N-methyl/N-ethyl adjacent to an activating group) is 2. The first kappa shape index (κ1) is 17.9. The molecular formula is C19H22F2N4O2. The lowest BCUT2D eigenvalue weighted by Crippen LogP contribution is -2.64. The number of rotatable bonds is 0.